The van der Waals surface area contributed by atoms with Crippen LogP contribution in [-0.4, -0.2) is 20.5 Å². The summed E-state index contributed by atoms with van der Waals surface area (Å²) in [6.07, 6.45) is 22.5. The van der Waals surface area contributed by atoms with Crippen LogP contribution < -0.4 is 0 Å². The fraction of sp³-hybridized carbons (Fsp3) is 0.241. The summed E-state index contributed by atoms with van der Waals surface area (Å²) in [5.41, 5.74) is 3.95. The van der Waals surface area contributed by atoms with Crippen molar-refractivity contribution < 1.29 is 0 Å². The lowest BCUT2D eigenvalue weighted by atomic mass is 9.84. The quantitative estimate of drug-likeness (QED) is 0.476. The van der Waals surface area contributed by atoms with Crippen molar-refractivity contribution in [3.63, 3.8) is 0 Å². The minimum absolute atomic E-state index is 0.293. The van der Waals surface area contributed by atoms with Crippen molar-refractivity contribution in [1.82, 2.24) is 9.97 Å². The van der Waals surface area contributed by atoms with Gasteiger partial charge in [0, 0.05) is 37.6 Å². The van der Waals surface area contributed by atoms with Crippen LogP contribution in [0.25, 0.3) is 9.81 Å². The number of allylic oxidation sites excluding steroid dienone is 8. The molecule has 2 nitrogen and oxygen atoms in total. The molecule has 164 valence electrons. The van der Waals surface area contributed by atoms with E-state index in [9.17, 15) is 0 Å². The van der Waals surface area contributed by atoms with Crippen molar-refractivity contribution in [2.24, 2.45) is 11.8 Å². The van der Waals surface area contributed by atoms with E-state index in [0.29, 0.717) is 22.3 Å². The van der Waals surface area contributed by atoms with Crippen LogP contribution in [0.5, 0.6) is 0 Å². The first kappa shape index (κ1) is 21.0. The third-order valence-electron chi connectivity index (χ3n) is 6.75. The Balaban J connectivity index is 1.29. The molecule has 0 bridgehead atoms. The number of nitrogens with zero attached hydrogens (tertiary/aromatic N) is 2. The van der Waals surface area contributed by atoms with E-state index >= 15 is 0 Å². The molecule has 2 aliphatic carbocycles. The molecule has 0 N–H and O–H groups in total. The minimum Gasteiger partial charge on any atom is -0.251 e. The zero-order valence-corrected chi connectivity index (χ0v) is 20.4. The van der Waals surface area contributed by atoms with Gasteiger partial charge in [-0.15, -0.1) is 23.5 Å². The zero-order chi connectivity index (χ0) is 22.4. The van der Waals surface area contributed by atoms with Gasteiger partial charge in [0.15, 0.2) is 0 Å². The first-order valence-corrected chi connectivity index (χ1v) is 13.3. The predicted octanol–water partition coefficient (Wildman–Crippen LogP) is 7.20. The Morgan fingerprint density at radius 1 is 0.636 bits per heavy atom. The van der Waals surface area contributed by atoms with Crippen molar-refractivity contribution >= 4 is 33.3 Å². The SMILES string of the molecule is CC(C)(c1cccc(C2=CC3C=CC=CC3S2)n1)c1cccc(C2=CC3C=CC=CC3S2)n1. The summed E-state index contributed by atoms with van der Waals surface area (Å²) in [6, 6.07) is 12.8. The maximum Gasteiger partial charge on any atom is 0.0766 e. The van der Waals surface area contributed by atoms with Crippen LogP contribution in [0, 0.1) is 11.8 Å². The third-order valence-corrected chi connectivity index (χ3v) is 9.43. The summed E-state index contributed by atoms with van der Waals surface area (Å²) in [4.78, 5) is 12.8. The number of fused-ring (bicyclic) bond motifs is 2. The van der Waals surface area contributed by atoms with E-state index in [1.807, 2.05) is 23.5 Å². The minimum atomic E-state index is -0.293. The standard InChI is InChI=1S/C29H26N2S2/c1-29(2,27-15-7-11-21(30-27)25-17-19-9-3-5-13-23(19)32-25)28-16-8-12-22(31-28)26-18-20-10-4-6-14-24(20)33-26/h3-20,23-24H,1-2H3. The molecule has 2 aromatic rings. The molecule has 4 aliphatic rings. The lowest BCUT2D eigenvalue weighted by Crippen LogP contribution is -2.23. The normalized spacial score (nSPS) is 27.3. The highest BCUT2D eigenvalue weighted by Crippen LogP contribution is 2.46. The third kappa shape index (κ3) is 3.89. The van der Waals surface area contributed by atoms with Gasteiger partial charge in [-0.3, -0.25) is 9.97 Å². The van der Waals surface area contributed by atoms with E-state index in [2.05, 4.69) is 111 Å². The van der Waals surface area contributed by atoms with E-state index in [4.69, 9.17) is 9.97 Å². The van der Waals surface area contributed by atoms with Crippen LogP contribution >= 0.6 is 23.5 Å². The Hall–Kier alpha value is -2.56. The second-order valence-electron chi connectivity index (χ2n) is 9.36. The Morgan fingerprint density at radius 3 is 1.55 bits per heavy atom. The maximum atomic E-state index is 5.13. The smallest absolute Gasteiger partial charge is 0.0766 e. The Labute approximate surface area is 204 Å². The number of hydrogen-bond acceptors (Lipinski definition) is 4. The molecule has 4 heterocycles. The highest BCUT2D eigenvalue weighted by Gasteiger charge is 2.31. The molecular weight excluding hydrogens is 440 g/mol. The molecule has 2 aliphatic heterocycles. The van der Waals surface area contributed by atoms with Gasteiger partial charge >= 0.3 is 0 Å². The van der Waals surface area contributed by atoms with Gasteiger partial charge in [0.1, 0.15) is 0 Å². The largest absolute Gasteiger partial charge is 0.251 e. The number of aromatic nitrogens is 2. The molecule has 33 heavy (non-hydrogen) atoms. The number of rotatable bonds is 4. The molecule has 0 radical (unpaired) electrons. The van der Waals surface area contributed by atoms with Crippen LogP contribution in [0.4, 0.5) is 0 Å². The monoisotopic (exact) mass is 466 g/mol. The topological polar surface area (TPSA) is 25.8 Å². The lowest BCUT2D eigenvalue weighted by molar-refractivity contribution is 0.594. The van der Waals surface area contributed by atoms with Gasteiger partial charge in [-0.1, -0.05) is 72.9 Å². The van der Waals surface area contributed by atoms with Crippen LogP contribution in [0.15, 0.2) is 97.2 Å². The second-order valence-corrected chi connectivity index (χ2v) is 11.8. The zero-order valence-electron chi connectivity index (χ0n) is 18.8. The highest BCUT2D eigenvalue weighted by atomic mass is 32.2. The van der Waals surface area contributed by atoms with Gasteiger partial charge < -0.3 is 0 Å². The van der Waals surface area contributed by atoms with Crippen molar-refractivity contribution in [3.05, 3.63) is 120 Å². The van der Waals surface area contributed by atoms with E-state index in [-0.39, 0.29) is 5.41 Å². The number of thioether (sulfide) groups is 2. The molecule has 2 aromatic heterocycles. The Bertz CT molecular complexity index is 1180. The van der Waals surface area contributed by atoms with E-state index in [1.165, 1.54) is 9.81 Å². The fourth-order valence-electron chi connectivity index (χ4n) is 4.73. The molecule has 4 unspecified atom stereocenters. The molecule has 4 heteroatoms. The van der Waals surface area contributed by atoms with Crippen LogP contribution in [0.3, 0.4) is 0 Å². The average molecular weight is 467 g/mol. The number of pyridine rings is 2. The van der Waals surface area contributed by atoms with E-state index in [0.717, 1.165) is 22.8 Å². The van der Waals surface area contributed by atoms with Crippen LogP contribution in [0.1, 0.15) is 36.6 Å². The van der Waals surface area contributed by atoms with E-state index in [1.54, 1.807) is 0 Å². The fourth-order valence-corrected chi connectivity index (χ4v) is 7.25. The van der Waals surface area contributed by atoms with Gasteiger partial charge in [-0.25, -0.2) is 0 Å². The van der Waals surface area contributed by atoms with Crippen molar-refractivity contribution in [2.45, 2.75) is 29.8 Å². The summed E-state index contributed by atoms with van der Waals surface area (Å²) < 4.78 is 0. The van der Waals surface area contributed by atoms with Gasteiger partial charge in [0.25, 0.3) is 0 Å². The van der Waals surface area contributed by atoms with Crippen molar-refractivity contribution in [2.75, 3.05) is 0 Å². The summed E-state index contributed by atoms with van der Waals surface area (Å²) in [5.74, 6) is 0.940. The molecular formula is C29H26N2S2. The van der Waals surface area contributed by atoms with Gasteiger partial charge in [0.05, 0.1) is 22.8 Å². The average Bonchev–Trinajstić information content (AvgIpc) is 3.49. The Kier molecular flexibility index (Phi) is 5.31. The van der Waals surface area contributed by atoms with Crippen LogP contribution in [0.2, 0.25) is 0 Å². The lowest BCUT2D eigenvalue weighted by Gasteiger charge is -2.25. The molecule has 0 fully saturated rings. The summed E-state index contributed by atoms with van der Waals surface area (Å²) in [7, 11) is 0. The molecule has 0 amide bonds. The van der Waals surface area contributed by atoms with Gasteiger partial charge in [-0.05, 0) is 38.1 Å². The molecule has 6 rings (SSSR count). The summed E-state index contributed by atoms with van der Waals surface area (Å²) in [5, 5.41) is 0.986. The molecule has 0 spiro atoms. The Morgan fingerprint density at radius 2 is 1.09 bits per heavy atom. The first-order valence-electron chi connectivity index (χ1n) is 11.5. The molecule has 0 saturated heterocycles. The number of hydrogen-bond donors (Lipinski definition) is 0. The molecule has 4 atom stereocenters. The van der Waals surface area contributed by atoms with Gasteiger partial charge in [-0.2, -0.15) is 0 Å². The van der Waals surface area contributed by atoms with E-state index < -0.39 is 0 Å². The summed E-state index contributed by atoms with van der Waals surface area (Å²) >= 11 is 3.83. The maximum absolute atomic E-state index is 5.13. The highest BCUT2D eigenvalue weighted by molar-refractivity contribution is 8.09. The summed E-state index contributed by atoms with van der Waals surface area (Å²) in [6.45, 7) is 4.46. The van der Waals surface area contributed by atoms with Crippen LogP contribution in [-0.2, 0) is 5.41 Å². The molecule has 0 aromatic carbocycles. The molecule has 0 saturated carbocycles. The first-order chi connectivity index (χ1) is 16.1. The second kappa shape index (κ2) is 8.34. The van der Waals surface area contributed by atoms with Crippen molar-refractivity contribution in [1.29, 1.82) is 0 Å². The predicted molar refractivity (Wildman–Crippen MR) is 143 cm³/mol. The van der Waals surface area contributed by atoms with Gasteiger partial charge in [0.2, 0.25) is 0 Å². The van der Waals surface area contributed by atoms with Crippen molar-refractivity contribution in [3.8, 4) is 0 Å².